The smallest absolute Gasteiger partial charge is 0.417 e. The molecule has 0 fully saturated rings. The molecule has 5 nitrogen and oxygen atoms in total. The number of rotatable bonds is 8. The minimum absolute atomic E-state index is 0.383. The monoisotopic (exact) mass is 468 g/mol. The molecule has 0 atom stereocenters. The van der Waals surface area contributed by atoms with E-state index in [1.807, 2.05) is 5.38 Å². The molecule has 0 saturated heterocycles. The lowest BCUT2D eigenvalue weighted by atomic mass is 10.1. The third-order valence-electron chi connectivity index (χ3n) is 4.26. The topological polar surface area (TPSA) is 72.3 Å². The van der Waals surface area contributed by atoms with Crippen molar-refractivity contribution in [3.63, 3.8) is 0 Å². The summed E-state index contributed by atoms with van der Waals surface area (Å²) in [6, 6.07) is 9.26. The maximum atomic E-state index is 12.6. The van der Waals surface area contributed by atoms with Crippen LogP contribution in [-0.4, -0.2) is 32.4 Å². The number of alkyl halides is 3. The van der Waals surface area contributed by atoms with E-state index in [2.05, 4.69) is 9.97 Å². The van der Waals surface area contributed by atoms with Crippen LogP contribution in [0.25, 0.3) is 11.3 Å². The van der Waals surface area contributed by atoms with Crippen LogP contribution in [0.3, 0.4) is 0 Å². The van der Waals surface area contributed by atoms with Crippen LogP contribution in [0.2, 0.25) is 0 Å². The SMILES string of the molecule is CC(C)(Sc1nc(CCOc2ccc(-c3ccc(C(F)(F)F)cn3)cc2)cs1)C(=O)O. The second-order valence-corrected chi connectivity index (χ2v) is 9.80. The van der Waals surface area contributed by atoms with E-state index < -0.39 is 22.5 Å². The summed E-state index contributed by atoms with van der Waals surface area (Å²) in [5, 5.41) is 11.1. The zero-order chi connectivity index (χ0) is 22.6. The molecule has 0 bridgehead atoms. The summed E-state index contributed by atoms with van der Waals surface area (Å²) in [5.74, 6) is -0.278. The van der Waals surface area contributed by atoms with Crippen LogP contribution in [0.4, 0.5) is 13.2 Å². The molecule has 0 aliphatic carbocycles. The number of nitrogens with zero attached hydrogens (tertiary/aromatic N) is 2. The Morgan fingerprint density at radius 1 is 1.16 bits per heavy atom. The van der Waals surface area contributed by atoms with E-state index in [9.17, 15) is 23.1 Å². The molecule has 0 amide bonds. The van der Waals surface area contributed by atoms with Crippen LogP contribution in [-0.2, 0) is 17.4 Å². The molecule has 0 radical (unpaired) electrons. The molecule has 0 spiro atoms. The van der Waals surface area contributed by atoms with Crippen molar-refractivity contribution in [1.82, 2.24) is 9.97 Å². The zero-order valence-electron chi connectivity index (χ0n) is 16.6. The molecule has 31 heavy (non-hydrogen) atoms. The molecule has 1 aromatic carbocycles. The minimum atomic E-state index is -4.41. The summed E-state index contributed by atoms with van der Waals surface area (Å²) >= 11 is 2.60. The predicted molar refractivity (Wildman–Crippen MR) is 114 cm³/mol. The molecule has 0 aliphatic rings. The Hall–Kier alpha value is -2.59. The van der Waals surface area contributed by atoms with Gasteiger partial charge in [0, 0.05) is 23.6 Å². The van der Waals surface area contributed by atoms with E-state index in [1.54, 1.807) is 38.1 Å². The lowest BCUT2D eigenvalue weighted by Gasteiger charge is -2.15. The lowest BCUT2D eigenvalue weighted by Crippen LogP contribution is -2.26. The molecule has 3 rings (SSSR count). The molecule has 10 heteroatoms. The van der Waals surface area contributed by atoms with Gasteiger partial charge < -0.3 is 9.84 Å². The fourth-order valence-corrected chi connectivity index (χ4v) is 4.67. The van der Waals surface area contributed by atoms with E-state index in [1.165, 1.54) is 29.2 Å². The number of benzene rings is 1. The molecule has 164 valence electrons. The molecule has 1 N–H and O–H groups in total. The quantitative estimate of drug-likeness (QED) is 0.421. The molecule has 0 saturated carbocycles. The van der Waals surface area contributed by atoms with Gasteiger partial charge in [0.1, 0.15) is 10.5 Å². The molecular formula is C21H19F3N2O3S2. The summed E-state index contributed by atoms with van der Waals surface area (Å²) in [4.78, 5) is 19.5. The van der Waals surface area contributed by atoms with E-state index >= 15 is 0 Å². The van der Waals surface area contributed by atoms with Crippen molar-refractivity contribution in [1.29, 1.82) is 0 Å². The van der Waals surface area contributed by atoms with E-state index in [4.69, 9.17) is 4.74 Å². The van der Waals surface area contributed by atoms with Crippen LogP contribution >= 0.6 is 23.1 Å². The standard InChI is InChI=1S/C21H19F3N2O3S2/c1-20(2,18(27)28)31-19-26-15(12-30-19)9-10-29-16-6-3-13(4-7-16)17-8-5-14(11-25-17)21(22,23)24/h3-8,11-12H,9-10H2,1-2H3,(H,27,28). The highest BCUT2D eigenvalue weighted by molar-refractivity contribution is 8.02. The van der Waals surface area contributed by atoms with Crippen molar-refractivity contribution in [3.8, 4) is 17.0 Å². The lowest BCUT2D eigenvalue weighted by molar-refractivity contribution is -0.139. The number of thiazole rings is 1. The van der Waals surface area contributed by atoms with Crippen molar-refractivity contribution in [3.05, 3.63) is 59.2 Å². The highest BCUT2D eigenvalue weighted by atomic mass is 32.2. The summed E-state index contributed by atoms with van der Waals surface area (Å²) < 4.78 is 43.4. The van der Waals surface area contributed by atoms with E-state index in [0.29, 0.717) is 34.4 Å². The number of carboxylic acid groups (broad SMARTS) is 1. The summed E-state index contributed by atoms with van der Waals surface area (Å²) in [7, 11) is 0. The van der Waals surface area contributed by atoms with Gasteiger partial charge in [-0.15, -0.1) is 11.3 Å². The Bertz CT molecular complexity index is 1030. The Morgan fingerprint density at radius 2 is 1.87 bits per heavy atom. The summed E-state index contributed by atoms with van der Waals surface area (Å²) in [6.45, 7) is 3.65. The number of hydrogen-bond acceptors (Lipinski definition) is 6. The molecule has 3 aromatic rings. The Kier molecular flexibility index (Phi) is 6.90. The largest absolute Gasteiger partial charge is 0.493 e. The fourth-order valence-electron chi connectivity index (χ4n) is 2.44. The molecule has 0 unspecified atom stereocenters. The van der Waals surface area contributed by atoms with Gasteiger partial charge in [-0.1, -0.05) is 11.8 Å². The Morgan fingerprint density at radius 3 is 2.45 bits per heavy atom. The predicted octanol–water partition coefficient (Wildman–Crippen LogP) is 5.80. The van der Waals surface area contributed by atoms with Gasteiger partial charge in [-0.25, -0.2) is 4.98 Å². The van der Waals surface area contributed by atoms with Gasteiger partial charge >= 0.3 is 12.1 Å². The van der Waals surface area contributed by atoms with Crippen molar-refractivity contribution in [2.75, 3.05) is 6.61 Å². The van der Waals surface area contributed by atoms with Crippen LogP contribution in [0.5, 0.6) is 5.75 Å². The van der Waals surface area contributed by atoms with Gasteiger partial charge in [-0.05, 0) is 50.2 Å². The van der Waals surface area contributed by atoms with Gasteiger partial charge in [0.25, 0.3) is 0 Å². The third kappa shape index (κ3) is 6.20. The number of carboxylic acids is 1. The Balaban J connectivity index is 1.53. The van der Waals surface area contributed by atoms with Gasteiger partial charge in [-0.3, -0.25) is 9.78 Å². The van der Waals surface area contributed by atoms with Gasteiger partial charge in [0.2, 0.25) is 0 Å². The first kappa shape index (κ1) is 23.1. The van der Waals surface area contributed by atoms with Crippen molar-refractivity contribution in [2.24, 2.45) is 0 Å². The maximum Gasteiger partial charge on any atom is 0.417 e. The minimum Gasteiger partial charge on any atom is -0.493 e. The van der Waals surface area contributed by atoms with Crippen LogP contribution in [0.15, 0.2) is 52.3 Å². The second-order valence-electron chi connectivity index (χ2n) is 7.07. The van der Waals surface area contributed by atoms with Crippen molar-refractivity contribution < 1.29 is 27.8 Å². The van der Waals surface area contributed by atoms with Crippen molar-refractivity contribution >= 4 is 29.1 Å². The summed E-state index contributed by atoms with van der Waals surface area (Å²) in [5.41, 5.74) is 1.16. The van der Waals surface area contributed by atoms with Gasteiger partial charge in [0.05, 0.1) is 23.6 Å². The van der Waals surface area contributed by atoms with Crippen molar-refractivity contribution in [2.45, 2.75) is 35.5 Å². The normalized spacial score (nSPS) is 12.0. The number of aliphatic carboxylic acids is 1. The highest BCUT2D eigenvalue weighted by Crippen LogP contribution is 2.35. The number of halogens is 3. The van der Waals surface area contributed by atoms with Gasteiger partial charge in [0.15, 0.2) is 4.34 Å². The highest BCUT2D eigenvalue weighted by Gasteiger charge is 2.31. The number of hydrogen-bond donors (Lipinski definition) is 1. The average Bonchev–Trinajstić information content (AvgIpc) is 3.14. The number of thioether (sulfide) groups is 1. The van der Waals surface area contributed by atoms with E-state index in [-0.39, 0.29) is 0 Å². The van der Waals surface area contributed by atoms with Crippen LogP contribution < -0.4 is 4.74 Å². The first-order valence-corrected chi connectivity index (χ1v) is 10.9. The fraction of sp³-hybridized carbons (Fsp3) is 0.286. The number of pyridine rings is 1. The number of aromatic nitrogens is 2. The zero-order valence-corrected chi connectivity index (χ0v) is 18.3. The van der Waals surface area contributed by atoms with Crippen LogP contribution in [0, 0.1) is 0 Å². The average molecular weight is 469 g/mol. The van der Waals surface area contributed by atoms with Crippen LogP contribution in [0.1, 0.15) is 25.1 Å². The molecular weight excluding hydrogens is 449 g/mol. The number of ether oxygens (including phenoxy) is 1. The molecule has 2 aromatic heterocycles. The summed E-state index contributed by atoms with van der Waals surface area (Å²) in [6.07, 6.45) is -3.03. The second kappa shape index (κ2) is 9.27. The third-order valence-corrected chi connectivity index (χ3v) is 6.43. The van der Waals surface area contributed by atoms with E-state index in [0.717, 1.165) is 18.0 Å². The Labute approximate surface area is 185 Å². The molecule has 0 aliphatic heterocycles. The first-order chi connectivity index (χ1) is 14.5. The van der Waals surface area contributed by atoms with Gasteiger partial charge in [-0.2, -0.15) is 13.2 Å². The first-order valence-electron chi connectivity index (χ1n) is 9.18. The number of carbonyl (C=O) groups is 1. The maximum absolute atomic E-state index is 12.6. The molecule has 2 heterocycles.